The smallest absolute Gasteiger partial charge is 0.0265 e. The number of hydrogen-bond acceptors (Lipinski definition) is 2. The van der Waals surface area contributed by atoms with Crippen molar-refractivity contribution in [1.82, 2.24) is 5.32 Å². The second kappa shape index (κ2) is 7.00. The maximum absolute atomic E-state index is 10.6. The highest BCUT2D eigenvalue weighted by molar-refractivity contribution is 9.11. The first-order chi connectivity index (χ1) is 5.13. The summed E-state index contributed by atoms with van der Waals surface area (Å²) in [4.78, 5) is 0. The van der Waals surface area contributed by atoms with Gasteiger partial charge in [-0.15, -0.1) is 0 Å². The Morgan fingerprint density at radius 1 is 1.73 bits per heavy atom. The summed E-state index contributed by atoms with van der Waals surface area (Å²) in [6, 6.07) is 0. The average Bonchev–Trinajstić information content (AvgIpc) is 1.85. The molecule has 0 amide bonds. The van der Waals surface area contributed by atoms with Crippen LogP contribution < -0.4 is 5.32 Å². The molecule has 1 atom stereocenters. The van der Waals surface area contributed by atoms with Crippen molar-refractivity contribution >= 4 is 26.7 Å². The van der Waals surface area contributed by atoms with Crippen LogP contribution >= 0.6 is 15.9 Å². The molecule has 0 radical (unpaired) electrons. The van der Waals surface area contributed by atoms with Crippen LogP contribution in [0.25, 0.3) is 0 Å². The summed E-state index contributed by atoms with van der Waals surface area (Å²) in [7, 11) is -0.654. The van der Waals surface area contributed by atoms with Gasteiger partial charge in [0, 0.05) is 33.8 Å². The van der Waals surface area contributed by atoms with Crippen LogP contribution in [0.3, 0.4) is 0 Å². The van der Waals surface area contributed by atoms with Gasteiger partial charge in [0.15, 0.2) is 0 Å². The largest absolute Gasteiger partial charge is 0.312 e. The standard InChI is InChI=1S/C7H14BrNOS/c1-7(8)6-9-4-3-5-11(2)10/h9H,1,3-6H2,2H3. The van der Waals surface area contributed by atoms with E-state index in [1.807, 2.05) is 0 Å². The van der Waals surface area contributed by atoms with Gasteiger partial charge in [-0.25, -0.2) is 0 Å². The predicted octanol–water partition coefficient (Wildman–Crippen LogP) is 1.25. The molecule has 0 aromatic carbocycles. The Kier molecular flexibility index (Phi) is 7.22. The highest BCUT2D eigenvalue weighted by Crippen LogP contribution is 1.96. The van der Waals surface area contributed by atoms with Gasteiger partial charge in [-0.1, -0.05) is 22.5 Å². The maximum atomic E-state index is 10.6. The SMILES string of the molecule is C=C(Br)CNCCCS(C)=O. The fourth-order valence-corrected chi connectivity index (χ4v) is 1.37. The van der Waals surface area contributed by atoms with Gasteiger partial charge < -0.3 is 5.32 Å². The van der Waals surface area contributed by atoms with E-state index in [0.717, 1.165) is 29.7 Å². The normalized spacial score (nSPS) is 12.9. The van der Waals surface area contributed by atoms with E-state index < -0.39 is 10.8 Å². The van der Waals surface area contributed by atoms with Crippen LogP contribution in [0.2, 0.25) is 0 Å². The summed E-state index contributed by atoms with van der Waals surface area (Å²) < 4.78 is 11.6. The summed E-state index contributed by atoms with van der Waals surface area (Å²) in [5, 5.41) is 3.16. The van der Waals surface area contributed by atoms with E-state index >= 15 is 0 Å². The molecule has 0 rings (SSSR count). The minimum absolute atomic E-state index is 0.654. The molecule has 0 spiro atoms. The lowest BCUT2D eigenvalue weighted by Gasteiger charge is -2.01. The van der Waals surface area contributed by atoms with Gasteiger partial charge in [0.25, 0.3) is 0 Å². The number of nitrogens with one attached hydrogen (secondary N) is 1. The van der Waals surface area contributed by atoms with Crippen molar-refractivity contribution in [3.05, 3.63) is 11.1 Å². The van der Waals surface area contributed by atoms with Gasteiger partial charge in [-0.3, -0.25) is 4.21 Å². The number of hydrogen-bond donors (Lipinski definition) is 1. The van der Waals surface area contributed by atoms with Gasteiger partial charge in [-0.05, 0) is 13.0 Å². The minimum atomic E-state index is -0.654. The van der Waals surface area contributed by atoms with Crippen LogP contribution in [0.15, 0.2) is 11.1 Å². The highest BCUT2D eigenvalue weighted by atomic mass is 79.9. The van der Waals surface area contributed by atoms with E-state index in [1.165, 1.54) is 0 Å². The molecule has 4 heteroatoms. The van der Waals surface area contributed by atoms with Crippen molar-refractivity contribution in [1.29, 1.82) is 0 Å². The summed E-state index contributed by atoms with van der Waals surface area (Å²) >= 11 is 3.24. The second-order valence-electron chi connectivity index (χ2n) is 2.32. The average molecular weight is 240 g/mol. The first kappa shape index (κ1) is 11.3. The van der Waals surface area contributed by atoms with Crippen molar-refractivity contribution in [3.8, 4) is 0 Å². The van der Waals surface area contributed by atoms with Gasteiger partial charge in [0.05, 0.1) is 0 Å². The van der Waals surface area contributed by atoms with E-state index in [2.05, 4.69) is 27.8 Å². The summed E-state index contributed by atoms with van der Waals surface area (Å²) in [5.41, 5.74) is 0. The Bertz CT molecular complexity index is 133. The van der Waals surface area contributed by atoms with Gasteiger partial charge >= 0.3 is 0 Å². The Hall–Kier alpha value is 0.330. The molecule has 0 fully saturated rings. The molecule has 66 valence electrons. The van der Waals surface area contributed by atoms with Crippen molar-refractivity contribution in [3.63, 3.8) is 0 Å². The molecule has 1 N–H and O–H groups in total. The van der Waals surface area contributed by atoms with Crippen molar-refractivity contribution in [2.75, 3.05) is 25.1 Å². The summed E-state index contributed by atoms with van der Waals surface area (Å²) in [5.74, 6) is 0.780. The first-order valence-corrected chi connectivity index (χ1v) is 5.99. The highest BCUT2D eigenvalue weighted by Gasteiger charge is 1.91. The lowest BCUT2D eigenvalue weighted by Crippen LogP contribution is -2.18. The number of halogens is 1. The molecule has 0 aromatic rings. The first-order valence-electron chi connectivity index (χ1n) is 3.47. The molecular weight excluding hydrogens is 226 g/mol. The van der Waals surface area contributed by atoms with E-state index in [0.29, 0.717) is 0 Å². The molecule has 11 heavy (non-hydrogen) atoms. The van der Waals surface area contributed by atoms with Gasteiger partial charge in [0.2, 0.25) is 0 Å². The molecule has 0 heterocycles. The Labute approximate surface area is 79.0 Å². The molecule has 2 nitrogen and oxygen atoms in total. The van der Waals surface area contributed by atoms with E-state index in [-0.39, 0.29) is 0 Å². The Morgan fingerprint density at radius 2 is 2.36 bits per heavy atom. The minimum Gasteiger partial charge on any atom is -0.312 e. The van der Waals surface area contributed by atoms with Crippen molar-refractivity contribution in [2.45, 2.75) is 6.42 Å². The lowest BCUT2D eigenvalue weighted by atomic mass is 10.5. The van der Waals surface area contributed by atoms with Crippen LogP contribution in [0.4, 0.5) is 0 Å². The predicted molar refractivity (Wildman–Crippen MR) is 54.5 cm³/mol. The monoisotopic (exact) mass is 239 g/mol. The van der Waals surface area contributed by atoms with Crippen LogP contribution in [0.5, 0.6) is 0 Å². The second-order valence-corrected chi connectivity index (χ2v) is 5.00. The topological polar surface area (TPSA) is 29.1 Å². The molecule has 0 bridgehead atoms. The fourth-order valence-electron chi connectivity index (χ4n) is 0.624. The van der Waals surface area contributed by atoms with E-state index in [1.54, 1.807) is 6.26 Å². The molecule has 0 aliphatic heterocycles. The summed E-state index contributed by atoms with van der Waals surface area (Å²) in [6.45, 7) is 5.38. The summed E-state index contributed by atoms with van der Waals surface area (Å²) in [6.07, 6.45) is 2.69. The molecular formula is C7H14BrNOS. The Balaban J connectivity index is 3.03. The fraction of sp³-hybridized carbons (Fsp3) is 0.714. The molecule has 0 saturated heterocycles. The molecule has 0 saturated carbocycles. The molecule has 0 aliphatic carbocycles. The van der Waals surface area contributed by atoms with E-state index in [9.17, 15) is 4.21 Å². The third-order valence-corrected chi connectivity index (χ3v) is 2.25. The Morgan fingerprint density at radius 3 is 2.82 bits per heavy atom. The van der Waals surface area contributed by atoms with Crippen LogP contribution in [-0.4, -0.2) is 29.3 Å². The molecule has 0 aromatic heterocycles. The van der Waals surface area contributed by atoms with Crippen LogP contribution in [0, 0.1) is 0 Å². The van der Waals surface area contributed by atoms with Crippen molar-refractivity contribution in [2.24, 2.45) is 0 Å². The zero-order valence-electron chi connectivity index (χ0n) is 6.73. The number of rotatable bonds is 6. The maximum Gasteiger partial charge on any atom is 0.0265 e. The van der Waals surface area contributed by atoms with E-state index in [4.69, 9.17) is 0 Å². The van der Waals surface area contributed by atoms with Crippen molar-refractivity contribution < 1.29 is 4.21 Å². The molecule has 0 aliphatic rings. The lowest BCUT2D eigenvalue weighted by molar-refractivity contribution is 0.677. The third-order valence-electron chi connectivity index (χ3n) is 1.10. The zero-order chi connectivity index (χ0) is 8.69. The van der Waals surface area contributed by atoms with Crippen LogP contribution in [0.1, 0.15) is 6.42 Å². The molecule has 1 unspecified atom stereocenters. The van der Waals surface area contributed by atoms with Gasteiger partial charge in [0.1, 0.15) is 0 Å². The zero-order valence-corrected chi connectivity index (χ0v) is 9.13. The van der Waals surface area contributed by atoms with Gasteiger partial charge in [-0.2, -0.15) is 0 Å². The third kappa shape index (κ3) is 10.3. The van der Waals surface area contributed by atoms with Crippen LogP contribution in [-0.2, 0) is 10.8 Å². The quantitative estimate of drug-likeness (QED) is 0.708.